The van der Waals surface area contributed by atoms with Crippen molar-refractivity contribution in [1.82, 2.24) is 20.0 Å². The van der Waals surface area contributed by atoms with Gasteiger partial charge in [-0.25, -0.2) is 4.79 Å². The third-order valence-corrected chi connectivity index (χ3v) is 3.78. The van der Waals surface area contributed by atoms with Crippen molar-refractivity contribution in [2.75, 3.05) is 12.4 Å². The molecule has 0 spiro atoms. The zero-order valence-corrected chi connectivity index (χ0v) is 14.2. The number of nitrogens with one attached hydrogen (secondary N) is 2. The van der Waals surface area contributed by atoms with Crippen LogP contribution in [0.5, 0.6) is 0 Å². The normalized spacial score (nSPS) is 10.5. The predicted molar refractivity (Wildman–Crippen MR) is 91.5 cm³/mol. The van der Waals surface area contributed by atoms with Gasteiger partial charge in [0.25, 0.3) is 5.91 Å². The highest BCUT2D eigenvalue weighted by Gasteiger charge is 2.20. The Labute approximate surface area is 147 Å². The lowest BCUT2D eigenvalue weighted by molar-refractivity contribution is 0.0589. The van der Waals surface area contributed by atoms with Gasteiger partial charge >= 0.3 is 5.97 Å². The lowest BCUT2D eigenvalue weighted by Crippen LogP contribution is -2.16. The van der Waals surface area contributed by atoms with Gasteiger partial charge in [-0.05, 0) is 18.2 Å². The molecule has 0 unspecified atom stereocenters. The number of aromatic amines is 1. The summed E-state index contributed by atoms with van der Waals surface area (Å²) in [7, 11) is 2.84. The lowest BCUT2D eigenvalue weighted by atomic mass is 10.1. The molecule has 9 heteroatoms. The van der Waals surface area contributed by atoms with Crippen LogP contribution >= 0.6 is 11.6 Å². The molecule has 1 aromatic carbocycles. The van der Waals surface area contributed by atoms with Gasteiger partial charge in [0.15, 0.2) is 5.69 Å². The summed E-state index contributed by atoms with van der Waals surface area (Å²) in [5.74, 6) is -1.05. The number of methoxy groups -OCH3 is 1. The minimum Gasteiger partial charge on any atom is -0.464 e. The molecule has 25 heavy (non-hydrogen) atoms. The first kappa shape index (κ1) is 16.7. The maximum absolute atomic E-state index is 12.4. The van der Waals surface area contributed by atoms with Crippen LogP contribution in [0.25, 0.3) is 11.3 Å². The van der Waals surface area contributed by atoms with Crippen molar-refractivity contribution in [3.8, 4) is 11.3 Å². The van der Waals surface area contributed by atoms with Gasteiger partial charge in [0.05, 0.1) is 24.7 Å². The summed E-state index contributed by atoms with van der Waals surface area (Å²) in [6.45, 7) is 0. The van der Waals surface area contributed by atoms with Crippen molar-refractivity contribution in [3.05, 3.63) is 52.9 Å². The minimum atomic E-state index is -0.596. The number of H-pyrrole nitrogens is 1. The molecular formula is C16H14ClN5O3. The van der Waals surface area contributed by atoms with Gasteiger partial charge in [0.2, 0.25) is 0 Å². The van der Waals surface area contributed by atoms with Gasteiger partial charge in [0, 0.05) is 17.6 Å². The topological polar surface area (TPSA) is 102 Å². The first-order chi connectivity index (χ1) is 12.0. The zero-order chi connectivity index (χ0) is 18.0. The second kappa shape index (κ2) is 6.78. The summed E-state index contributed by atoms with van der Waals surface area (Å²) in [6.07, 6.45) is 1.38. The average Bonchev–Trinajstić information content (AvgIpc) is 3.22. The Morgan fingerprint density at radius 2 is 2.00 bits per heavy atom. The van der Waals surface area contributed by atoms with Crippen LogP contribution < -0.4 is 5.32 Å². The quantitative estimate of drug-likeness (QED) is 0.697. The maximum Gasteiger partial charge on any atom is 0.358 e. The number of ether oxygens (including phenoxy) is 1. The molecule has 0 radical (unpaired) electrons. The fraction of sp³-hybridized carbons (Fsp3) is 0.125. The number of nitrogens with zero attached hydrogens (tertiary/aromatic N) is 3. The number of amides is 1. The Hall–Kier alpha value is -3.13. The lowest BCUT2D eigenvalue weighted by Gasteiger charge is -2.05. The van der Waals surface area contributed by atoms with Gasteiger partial charge in [-0.15, -0.1) is 0 Å². The van der Waals surface area contributed by atoms with Crippen LogP contribution in [0.2, 0.25) is 5.02 Å². The molecule has 0 fully saturated rings. The Morgan fingerprint density at radius 3 is 2.68 bits per heavy atom. The summed E-state index contributed by atoms with van der Waals surface area (Å²) in [4.78, 5) is 24.2. The molecule has 0 saturated heterocycles. The summed E-state index contributed by atoms with van der Waals surface area (Å²) in [5.41, 5.74) is 2.05. The van der Waals surface area contributed by atoms with Crippen molar-refractivity contribution >= 4 is 29.2 Å². The fourth-order valence-corrected chi connectivity index (χ4v) is 2.39. The van der Waals surface area contributed by atoms with Gasteiger partial charge in [-0.2, -0.15) is 10.2 Å². The van der Waals surface area contributed by atoms with Crippen molar-refractivity contribution < 1.29 is 14.3 Å². The van der Waals surface area contributed by atoms with Gasteiger partial charge < -0.3 is 10.1 Å². The van der Waals surface area contributed by atoms with Crippen LogP contribution in [0.3, 0.4) is 0 Å². The van der Waals surface area contributed by atoms with E-state index in [0.29, 0.717) is 10.7 Å². The van der Waals surface area contributed by atoms with E-state index in [1.807, 2.05) is 0 Å². The molecular weight excluding hydrogens is 346 g/mol. The third-order valence-electron chi connectivity index (χ3n) is 3.53. The van der Waals surface area contributed by atoms with Gasteiger partial charge in [-0.1, -0.05) is 23.7 Å². The number of benzene rings is 1. The van der Waals surface area contributed by atoms with E-state index in [1.165, 1.54) is 18.0 Å². The Balaban J connectivity index is 1.81. The zero-order valence-electron chi connectivity index (χ0n) is 13.4. The van der Waals surface area contributed by atoms with Crippen LogP contribution in [0.4, 0.5) is 5.69 Å². The molecule has 3 aromatic rings. The van der Waals surface area contributed by atoms with Crippen LogP contribution in [-0.4, -0.2) is 39.0 Å². The summed E-state index contributed by atoms with van der Waals surface area (Å²) >= 11 is 5.86. The molecule has 128 valence electrons. The highest BCUT2D eigenvalue weighted by Crippen LogP contribution is 2.21. The number of rotatable bonds is 4. The molecule has 0 aliphatic heterocycles. The molecule has 2 heterocycles. The predicted octanol–water partition coefficient (Wildman–Crippen LogP) is 2.50. The number of esters is 1. The highest BCUT2D eigenvalue weighted by molar-refractivity contribution is 6.30. The first-order valence-electron chi connectivity index (χ1n) is 7.22. The smallest absolute Gasteiger partial charge is 0.358 e. The molecule has 8 nitrogen and oxygen atoms in total. The van der Waals surface area contributed by atoms with Crippen LogP contribution in [-0.2, 0) is 11.8 Å². The average molecular weight is 360 g/mol. The number of hydrogen-bond donors (Lipinski definition) is 2. The fourth-order valence-electron chi connectivity index (χ4n) is 2.26. The number of carbonyl (C=O) groups excluding carboxylic acids is 2. The largest absolute Gasteiger partial charge is 0.464 e. The van der Waals surface area contributed by atoms with E-state index >= 15 is 0 Å². The molecule has 2 aromatic heterocycles. The van der Waals surface area contributed by atoms with Crippen molar-refractivity contribution in [2.45, 2.75) is 0 Å². The van der Waals surface area contributed by atoms with Gasteiger partial charge in [0.1, 0.15) is 5.69 Å². The second-order valence-corrected chi connectivity index (χ2v) is 5.59. The number of anilines is 1. The first-order valence-corrected chi connectivity index (χ1v) is 7.60. The molecule has 0 saturated carbocycles. The number of hydrogen-bond acceptors (Lipinski definition) is 5. The van der Waals surface area contributed by atoms with Crippen LogP contribution in [0, 0.1) is 0 Å². The molecule has 0 aliphatic rings. The van der Waals surface area contributed by atoms with Gasteiger partial charge in [-0.3, -0.25) is 14.6 Å². The Morgan fingerprint density at radius 1 is 1.28 bits per heavy atom. The van der Waals surface area contributed by atoms with E-state index in [-0.39, 0.29) is 17.1 Å². The SMILES string of the molecule is COC(=O)c1c(NC(=O)c2cc(-c3ccc(Cl)cc3)n[nH]2)cnn1C. The van der Waals surface area contributed by atoms with Crippen LogP contribution in [0.1, 0.15) is 21.0 Å². The molecule has 2 N–H and O–H groups in total. The van der Waals surface area contributed by atoms with E-state index in [0.717, 1.165) is 5.56 Å². The number of aromatic nitrogens is 4. The second-order valence-electron chi connectivity index (χ2n) is 5.15. The third kappa shape index (κ3) is 3.38. The van der Waals surface area contributed by atoms with Crippen molar-refractivity contribution in [2.24, 2.45) is 7.05 Å². The number of halogens is 1. The standard InChI is InChI=1S/C16H14ClN5O3/c1-22-14(16(24)25-2)13(8-18-22)19-15(23)12-7-11(20-21-12)9-3-5-10(17)6-4-9/h3-8H,1-2H3,(H,19,23)(H,20,21). The summed E-state index contributed by atoms with van der Waals surface area (Å²) in [5, 5.41) is 14.0. The molecule has 0 atom stereocenters. The van der Waals surface area contributed by atoms with E-state index in [2.05, 4.69) is 20.6 Å². The Kier molecular flexibility index (Phi) is 4.53. The van der Waals surface area contributed by atoms with Crippen molar-refractivity contribution in [3.63, 3.8) is 0 Å². The van der Waals surface area contributed by atoms with E-state index in [9.17, 15) is 9.59 Å². The number of carbonyl (C=O) groups is 2. The molecule has 3 rings (SSSR count). The van der Waals surface area contributed by atoms with Crippen LogP contribution in [0.15, 0.2) is 36.5 Å². The van der Waals surface area contributed by atoms with E-state index < -0.39 is 11.9 Å². The maximum atomic E-state index is 12.4. The Bertz CT molecular complexity index is 930. The molecule has 0 aliphatic carbocycles. The summed E-state index contributed by atoms with van der Waals surface area (Å²) in [6, 6.07) is 8.69. The van der Waals surface area contributed by atoms with E-state index in [4.69, 9.17) is 16.3 Å². The monoisotopic (exact) mass is 359 g/mol. The summed E-state index contributed by atoms with van der Waals surface area (Å²) < 4.78 is 6.02. The minimum absolute atomic E-state index is 0.147. The highest BCUT2D eigenvalue weighted by atomic mass is 35.5. The molecule has 0 bridgehead atoms. The molecule has 1 amide bonds. The van der Waals surface area contributed by atoms with Crippen molar-refractivity contribution in [1.29, 1.82) is 0 Å². The van der Waals surface area contributed by atoms with E-state index in [1.54, 1.807) is 37.4 Å². The number of aryl methyl sites for hydroxylation is 1.